The van der Waals surface area contributed by atoms with Crippen LogP contribution >= 0.6 is 0 Å². The standard InChI is InChI=1S/C59H39N/c1-4-17-41(18-5-1)46-23-13-15-30-56(46)60(57-38-37-52-48-25-11-10-24-47(48)51-27-16-28-53(57)58(51)52)45-34-31-40(32-35-45)42-33-36-50-49-26-12-14-29-54(49)59(55(50)39-42,43-19-6-2-7-20-43)44-21-8-3-9-22-44/h1-39H. The van der Waals surface area contributed by atoms with Crippen molar-refractivity contribution in [2.45, 2.75) is 5.41 Å². The Bertz CT molecular complexity index is 3170. The first-order valence-corrected chi connectivity index (χ1v) is 20.8. The zero-order valence-electron chi connectivity index (χ0n) is 33.0. The Balaban J connectivity index is 1.04. The zero-order chi connectivity index (χ0) is 39.6. The maximum absolute atomic E-state index is 2.47. The molecule has 0 bridgehead atoms. The summed E-state index contributed by atoms with van der Waals surface area (Å²) in [5.41, 5.74) is 20.7. The van der Waals surface area contributed by atoms with Crippen LogP contribution in [0.5, 0.6) is 0 Å². The van der Waals surface area contributed by atoms with E-state index >= 15 is 0 Å². The molecular formula is C59H39N. The van der Waals surface area contributed by atoms with E-state index in [9.17, 15) is 0 Å². The lowest BCUT2D eigenvalue weighted by Crippen LogP contribution is -2.28. The average molecular weight is 762 g/mol. The summed E-state index contributed by atoms with van der Waals surface area (Å²) in [6, 6.07) is 87.2. The van der Waals surface area contributed by atoms with Crippen molar-refractivity contribution in [3.63, 3.8) is 0 Å². The second-order valence-corrected chi connectivity index (χ2v) is 16.0. The van der Waals surface area contributed by atoms with Crippen LogP contribution in [-0.4, -0.2) is 0 Å². The lowest BCUT2D eigenvalue weighted by Gasteiger charge is -2.34. The second kappa shape index (κ2) is 13.7. The van der Waals surface area contributed by atoms with Gasteiger partial charge in [0.05, 0.1) is 16.8 Å². The smallest absolute Gasteiger partial charge is 0.0713 e. The first-order valence-electron chi connectivity index (χ1n) is 20.8. The summed E-state index contributed by atoms with van der Waals surface area (Å²) in [4.78, 5) is 2.47. The summed E-state index contributed by atoms with van der Waals surface area (Å²) in [7, 11) is 0. The van der Waals surface area contributed by atoms with Gasteiger partial charge in [-0.2, -0.15) is 0 Å². The fourth-order valence-corrected chi connectivity index (χ4v) is 10.4. The van der Waals surface area contributed by atoms with E-state index in [0.29, 0.717) is 0 Å². The van der Waals surface area contributed by atoms with Crippen LogP contribution in [0.15, 0.2) is 237 Å². The highest BCUT2D eigenvalue weighted by molar-refractivity contribution is 6.19. The Morgan fingerprint density at radius 2 is 0.800 bits per heavy atom. The van der Waals surface area contributed by atoms with Gasteiger partial charge < -0.3 is 4.90 Å². The Morgan fingerprint density at radius 3 is 1.50 bits per heavy atom. The molecule has 10 aromatic rings. The summed E-state index contributed by atoms with van der Waals surface area (Å²) in [6.45, 7) is 0. The largest absolute Gasteiger partial charge is 0.309 e. The lowest BCUT2D eigenvalue weighted by molar-refractivity contribution is 0.769. The maximum atomic E-state index is 2.47. The van der Waals surface area contributed by atoms with E-state index in [2.05, 4.69) is 241 Å². The molecule has 0 atom stereocenters. The van der Waals surface area contributed by atoms with Gasteiger partial charge in [0.1, 0.15) is 0 Å². The molecule has 0 spiro atoms. The van der Waals surface area contributed by atoms with Crippen LogP contribution in [0.2, 0.25) is 0 Å². The number of para-hydroxylation sites is 1. The molecule has 0 aliphatic heterocycles. The molecule has 0 radical (unpaired) electrons. The molecular weight excluding hydrogens is 723 g/mol. The topological polar surface area (TPSA) is 3.24 Å². The maximum Gasteiger partial charge on any atom is 0.0713 e. The molecule has 12 rings (SSSR count). The van der Waals surface area contributed by atoms with Crippen molar-refractivity contribution in [3.05, 3.63) is 259 Å². The van der Waals surface area contributed by atoms with Crippen LogP contribution in [-0.2, 0) is 5.41 Å². The molecule has 0 amide bonds. The monoisotopic (exact) mass is 761 g/mol. The third kappa shape index (κ3) is 5.06. The van der Waals surface area contributed by atoms with Crippen molar-refractivity contribution in [2.24, 2.45) is 0 Å². The predicted molar refractivity (Wildman–Crippen MR) is 251 cm³/mol. The SMILES string of the molecule is c1ccc(-c2ccccc2N(c2ccc(-c3ccc4c(c3)C(c3ccccc3)(c3ccccc3)c3ccccc3-4)cc2)c2ccc3c4c(cccc24)-c2ccccc2-3)cc1. The summed E-state index contributed by atoms with van der Waals surface area (Å²) in [5.74, 6) is 0. The van der Waals surface area contributed by atoms with Gasteiger partial charge >= 0.3 is 0 Å². The molecule has 0 aromatic heterocycles. The normalized spacial score (nSPS) is 12.8. The van der Waals surface area contributed by atoms with Crippen LogP contribution in [0.1, 0.15) is 22.3 Å². The molecule has 0 fully saturated rings. The number of hydrogen-bond acceptors (Lipinski definition) is 1. The molecule has 0 unspecified atom stereocenters. The van der Waals surface area contributed by atoms with E-state index in [-0.39, 0.29) is 0 Å². The van der Waals surface area contributed by atoms with Gasteiger partial charge in [0.15, 0.2) is 0 Å². The number of hydrogen-bond donors (Lipinski definition) is 0. The minimum Gasteiger partial charge on any atom is -0.309 e. The highest BCUT2D eigenvalue weighted by atomic mass is 15.1. The Morgan fingerprint density at radius 1 is 0.283 bits per heavy atom. The van der Waals surface area contributed by atoms with Crippen molar-refractivity contribution in [3.8, 4) is 55.6 Å². The molecule has 10 aromatic carbocycles. The van der Waals surface area contributed by atoms with Gasteiger partial charge in [-0.25, -0.2) is 0 Å². The molecule has 0 saturated carbocycles. The Labute approximate surface area is 351 Å². The lowest BCUT2D eigenvalue weighted by atomic mass is 9.67. The van der Waals surface area contributed by atoms with E-state index in [1.807, 2.05) is 0 Å². The van der Waals surface area contributed by atoms with E-state index < -0.39 is 5.41 Å². The highest BCUT2D eigenvalue weighted by Crippen LogP contribution is 2.57. The number of rotatable bonds is 7. The summed E-state index contributed by atoms with van der Waals surface area (Å²) < 4.78 is 0. The number of fused-ring (bicyclic) bond motifs is 6. The summed E-state index contributed by atoms with van der Waals surface area (Å²) in [6.07, 6.45) is 0. The van der Waals surface area contributed by atoms with Gasteiger partial charge in [-0.1, -0.05) is 206 Å². The van der Waals surface area contributed by atoms with Crippen LogP contribution < -0.4 is 4.90 Å². The van der Waals surface area contributed by atoms with Crippen LogP contribution in [0, 0.1) is 0 Å². The molecule has 60 heavy (non-hydrogen) atoms. The molecule has 280 valence electrons. The van der Waals surface area contributed by atoms with Gasteiger partial charge in [-0.15, -0.1) is 0 Å². The summed E-state index contributed by atoms with van der Waals surface area (Å²) >= 11 is 0. The van der Waals surface area contributed by atoms with Crippen LogP contribution in [0.25, 0.3) is 66.4 Å². The van der Waals surface area contributed by atoms with E-state index in [0.717, 1.165) is 17.1 Å². The minimum absolute atomic E-state index is 0.447. The molecule has 1 nitrogen and oxygen atoms in total. The molecule has 2 aliphatic rings. The molecule has 1 heteroatoms. The number of anilines is 3. The fraction of sp³-hybridized carbons (Fsp3) is 0.0169. The number of benzene rings is 10. The molecule has 0 saturated heterocycles. The van der Waals surface area contributed by atoms with Crippen molar-refractivity contribution in [2.75, 3.05) is 4.90 Å². The molecule has 0 N–H and O–H groups in total. The van der Waals surface area contributed by atoms with Crippen LogP contribution in [0.3, 0.4) is 0 Å². The van der Waals surface area contributed by atoms with E-state index in [4.69, 9.17) is 0 Å². The van der Waals surface area contributed by atoms with Gasteiger partial charge in [0, 0.05) is 16.6 Å². The van der Waals surface area contributed by atoms with E-state index in [1.165, 1.54) is 88.7 Å². The predicted octanol–water partition coefficient (Wildman–Crippen LogP) is 15.7. The van der Waals surface area contributed by atoms with Crippen molar-refractivity contribution >= 4 is 27.8 Å². The van der Waals surface area contributed by atoms with Gasteiger partial charge in [-0.05, 0) is 108 Å². The average Bonchev–Trinajstić information content (AvgIpc) is 3.82. The summed E-state index contributed by atoms with van der Waals surface area (Å²) in [5, 5.41) is 2.55. The highest BCUT2D eigenvalue weighted by Gasteiger charge is 2.46. The molecule has 0 heterocycles. The molecule has 2 aliphatic carbocycles. The van der Waals surface area contributed by atoms with Crippen molar-refractivity contribution in [1.29, 1.82) is 0 Å². The van der Waals surface area contributed by atoms with E-state index in [1.54, 1.807) is 0 Å². The quantitative estimate of drug-likeness (QED) is 0.156. The van der Waals surface area contributed by atoms with Crippen molar-refractivity contribution < 1.29 is 0 Å². The van der Waals surface area contributed by atoms with Gasteiger partial charge in [0.2, 0.25) is 0 Å². The third-order valence-electron chi connectivity index (χ3n) is 12.9. The third-order valence-corrected chi connectivity index (χ3v) is 12.9. The Hall–Kier alpha value is -7.74. The van der Waals surface area contributed by atoms with Crippen LogP contribution in [0.4, 0.5) is 17.1 Å². The number of nitrogens with zero attached hydrogens (tertiary/aromatic N) is 1. The first-order chi connectivity index (χ1) is 29.8. The van der Waals surface area contributed by atoms with Gasteiger partial charge in [0.25, 0.3) is 0 Å². The van der Waals surface area contributed by atoms with Gasteiger partial charge in [-0.3, -0.25) is 0 Å². The minimum atomic E-state index is -0.447. The second-order valence-electron chi connectivity index (χ2n) is 16.0. The fourth-order valence-electron chi connectivity index (χ4n) is 10.4. The zero-order valence-corrected chi connectivity index (χ0v) is 33.0. The Kier molecular flexibility index (Phi) is 7.83. The van der Waals surface area contributed by atoms with Crippen molar-refractivity contribution in [1.82, 2.24) is 0 Å². The first kappa shape index (κ1) is 34.3.